The van der Waals surface area contributed by atoms with Crippen LogP contribution in [0, 0.1) is 0 Å². The Morgan fingerprint density at radius 2 is 2.22 bits per heavy atom. The zero-order valence-corrected chi connectivity index (χ0v) is 4.98. The molecule has 0 spiro atoms. The largest absolute Gasteiger partial charge is 0.394 e. The summed E-state index contributed by atoms with van der Waals surface area (Å²) in [4.78, 5) is 10.3. The molecule has 54 valence electrons. The number of rotatable bonds is 3. The first-order chi connectivity index (χ1) is 4.46. The van der Waals surface area contributed by atoms with E-state index >= 15 is 0 Å². The number of carbonyl (C=O) groups is 1. The summed E-state index contributed by atoms with van der Waals surface area (Å²) < 4.78 is 6.50. The summed E-state index contributed by atoms with van der Waals surface area (Å²) in [6, 6.07) is 0. The molecule has 0 aromatic heterocycles. The van der Waals surface area contributed by atoms with E-state index in [4.69, 9.17) is 16.7 Å². The molecule has 0 aromatic carbocycles. The van der Waals surface area contributed by atoms with Gasteiger partial charge in [0.1, 0.15) is 12.2 Å². The van der Waals surface area contributed by atoms with Crippen molar-refractivity contribution in [3.8, 4) is 0 Å². The Morgan fingerprint density at radius 1 is 1.78 bits per heavy atom. The summed E-state index contributed by atoms with van der Waals surface area (Å²) >= 11 is 0. The number of aliphatic hydroxyl groups is 3. The lowest BCUT2D eigenvalue weighted by atomic mass is 10.1. The Hall–Kier alpha value is -0.450. The van der Waals surface area contributed by atoms with Crippen molar-refractivity contribution in [2.75, 3.05) is 6.58 Å². The van der Waals surface area contributed by atoms with Crippen molar-refractivity contribution in [3.63, 3.8) is 0 Å². The van der Waals surface area contributed by atoms with Crippen LogP contribution in [0.5, 0.6) is 0 Å². The molecule has 4 nitrogen and oxygen atoms in total. The molecule has 0 saturated carbocycles. The summed E-state index contributed by atoms with van der Waals surface area (Å²) in [5.41, 5.74) is 0. The highest BCUT2D eigenvalue weighted by molar-refractivity contribution is 5.80. The maximum Gasteiger partial charge on any atom is 0.160 e. The normalized spacial score (nSPS) is 22.0. The molecule has 0 fully saturated rings. The monoisotopic (exact) mass is 135 g/mol. The van der Waals surface area contributed by atoms with E-state index in [-0.39, 0.29) is 0 Å². The Kier molecular flexibility index (Phi) is 2.63. The van der Waals surface area contributed by atoms with Gasteiger partial charge in [-0.15, -0.1) is 0 Å². The van der Waals surface area contributed by atoms with Gasteiger partial charge in [-0.25, -0.2) is 0 Å². The van der Waals surface area contributed by atoms with Crippen LogP contribution in [0.2, 0.25) is 0 Å². The van der Waals surface area contributed by atoms with Crippen LogP contribution in [0.25, 0.3) is 0 Å². The van der Waals surface area contributed by atoms with Gasteiger partial charge in [-0.1, -0.05) is 0 Å². The van der Waals surface area contributed by atoms with Crippen LogP contribution in [0.15, 0.2) is 0 Å². The van der Waals surface area contributed by atoms with Crippen LogP contribution in [0.4, 0.5) is 0 Å². The summed E-state index contributed by atoms with van der Waals surface area (Å²) in [7, 11) is 0. The van der Waals surface area contributed by atoms with Gasteiger partial charge in [-0.05, 0) is 6.92 Å². The van der Waals surface area contributed by atoms with E-state index in [1.54, 1.807) is 0 Å². The van der Waals surface area contributed by atoms with Gasteiger partial charge in [-0.2, -0.15) is 0 Å². The van der Waals surface area contributed by atoms with Crippen LogP contribution in [-0.4, -0.2) is 39.9 Å². The predicted octanol–water partition coefficient (Wildman–Crippen LogP) is -1.71. The molecule has 0 aliphatic heterocycles. The minimum absolute atomic E-state index is 0.668. The third-order valence-electron chi connectivity index (χ3n) is 0.893. The molecule has 0 saturated heterocycles. The lowest BCUT2D eigenvalue weighted by Gasteiger charge is -2.10. The Labute approximate surface area is 54.1 Å². The Bertz CT molecular complexity index is 125. The first-order valence-corrected chi connectivity index (χ1v) is 2.43. The molecule has 0 heterocycles. The summed E-state index contributed by atoms with van der Waals surface area (Å²) in [5, 5.41) is 25.7. The Morgan fingerprint density at radius 3 is 2.33 bits per heavy atom. The summed E-state index contributed by atoms with van der Waals surface area (Å²) in [6.45, 7) is -0.769. The lowest BCUT2D eigenvalue weighted by Crippen LogP contribution is -2.34. The molecule has 0 bridgehead atoms. The van der Waals surface area contributed by atoms with E-state index in [1.807, 2.05) is 0 Å². The van der Waals surface area contributed by atoms with Gasteiger partial charge in [0.15, 0.2) is 5.78 Å². The number of carbonyl (C=O) groups excluding carboxylic acids is 1. The SMILES string of the molecule is [2H][C@@H](O)[C@@H](O)[C@H](O)C(C)=O. The highest BCUT2D eigenvalue weighted by Gasteiger charge is 2.18. The zero-order valence-electron chi connectivity index (χ0n) is 5.98. The number of aliphatic hydroxyl groups excluding tert-OH is 3. The van der Waals surface area contributed by atoms with E-state index in [9.17, 15) is 4.79 Å². The van der Waals surface area contributed by atoms with Gasteiger partial charge in [-0.3, -0.25) is 4.79 Å². The third-order valence-corrected chi connectivity index (χ3v) is 0.893. The average molecular weight is 135 g/mol. The molecule has 0 amide bonds. The molecule has 0 aliphatic carbocycles. The Balaban J connectivity index is 3.94. The first-order valence-electron chi connectivity index (χ1n) is 3.01. The molecule has 3 N–H and O–H groups in total. The van der Waals surface area contributed by atoms with Gasteiger partial charge >= 0.3 is 0 Å². The number of hydrogen-bond acceptors (Lipinski definition) is 4. The van der Waals surface area contributed by atoms with Crippen molar-refractivity contribution in [3.05, 3.63) is 0 Å². The molecular weight excluding hydrogens is 124 g/mol. The number of Topliss-reactive ketones (excluding diaryl/α,β-unsaturated/α-hetero) is 1. The van der Waals surface area contributed by atoms with Gasteiger partial charge in [0.05, 0.1) is 7.95 Å². The molecule has 3 atom stereocenters. The van der Waals surface area contributed by atoms with E-state index < -0.39 is 24.6 Å². The molecule has 0 rings (SSSR count). The fourth-order valence-corrected chi connectivity index (χ4v) is 0.322. The smallest absolute Gasteiger partial charge is 0.160 e. The topological polar surface area (TPSA) is 77.8 Å². The number of ketones is 1. The van der Waals surface area contributed by atoms with Gasteiger partial charge < -0.3 is 15.3 Å². The van der Waals surface area contributed by atoms with Crippen molar-refractivity contribution >= 4 is 5.78 Å². The van der Waals surface area contributed by atoms with Gasteiger partial charge in [0.25, 0.3) is 0 Å². The van der Waals surface area contributed by atoms with Crippen LogP contribution in [0.3, 0.4) is 0 Å². The van der Waals surface area contributed by atoms with Crippen LogP contribution in [-0.2, 0) is 4.79 Å². The van der Waals surface area contributed by atoms with Crippen molar-refractivity contribution in [2.45, 2.75) is 19.1 Å². The standard InChI is InChI=1S/C5H10O4/c1-3(7)5(9)4(8)2-6/h4-6,8-9H,2H2,1H3/t4-,5-/m1/s1/i2D/t2-,4-,5-. The lowest BCUT2D eigenvalue weighted by molar-refractivity contribution is -0.132. The fourth-order valence-electron chi connectivity index (χ4n) is 0.322. The third kappa shape index (κ3) is 2.55. The van der Waals surface area contributed by atoms with Crippen molar-refractivity contribution < 1.29 is 21.5 Å². The van der Waals surface area contributed by atoms with Crippen molar-refractivity contribution in [2.24, 2.45) is 0 Å². The molecule has 0 radical (unpaired) electrons. The van der Waals surface area contributed by atoms with E-state index in [1.165, 1.54) is 0 Å². The highest BCUT2D eigenvalue weighted by atomic mass is 16.4. The quantitative estimate of drug-likeness (QED) is 0.430. The maximum absolute atomic E-state index is 10.3. The van der Waals surface area contributed by atoms with E-state index in [0.29, 0.717) is 0 Å². The molecule has 9 heavy (non-hydrogen) atoms. The van der Waals surface area contributed by atoms with Crippen LogP contribution >= 0.6 is 0 Å². The van der Waals surface area contributed by atoms with Crippen LogP contribution < -0.4 is 0 Å². The highest BCUT2D eigenvalue weighted by Crippen LogP contribution is 1.92. The van der Waals surface area contributed by atoms with Crippen LogP contribution in [0.1, 0.15) is 8.29 Å². The second-order valence-corrected chi connectivity index (χ2v) is 1.70. The summed E-state index contributed by atoms with van der Waals surface area (Å²) in [5.74, 6) is -0.668. The average Bonchev–Trinajstić information content (AvgIpc) is 1.84. The second-order valence-electron chi connectivity index (χ2n) is 1.70. The van der Waals surface area contributed by atoms with E-state index in [0.717, 1.165) is 6.92 Å². The first kappa shape index (κ1) is 6.67. The molecule has 0 aromatic rings. The van der Waals surface area contributed by atoms with Gasteiger partial charge in [0, 0.05) is 0 Å². The fraction of sp³-hybridized carbons (Fsp3) is 0.800. The van der Waals surface area contributed by atoms with Gasteiger partial charge in [0.2, 0.25) is 0 Å². The molecule has 0 aliphatic rings. The zero-order chi connectivity index (χ0) is 8.31. The molecule has 0 unspecified atom stereocenters. The van der Waals surface area contributed by atoms with Crippen molar-refractivity contribution in [1.29, 1.82) is 0 Å². The minimum Gasteiger partial charge on any atom is -0.394 e. The second kappa shape index (κ2) is 3.55. The van der Waals surface area contributed by atoms with Crippen molar-refractivity contribution in [1.82, 2.24) is 0 Å². The summed E-state index contributed by atoms with van der Waals surface area (Å²) in [6.07, 6.45) is -3.37. The minimum atomic E-state index is -1.83. The predicted molar refractivity (Wildman–Crippen MR) is 29.8 cm³/mol. The number of hydrogen-bond donors (Lipinski definition) is 3. The maximum atomic E-state index is 10.3. The molecular formula is C5H10O4. The van der Waals surface area contributed by atoms with E-state index in [2.05, 4.69) is 0 Å². The molecule has 4 heteroatoms.